The SMILES string of the molecule is COCCn1cc(NC(CCCN)COC)ccc1=O. The van der Waals surface area contributed by atoms with Crippen LogP contribution in [0.15, 0.2) is 23.1 Å². The maximum absolute atomic E-state index is 11.7. The highest BCUT2D eigenvalue weighted by Gasteiger charge is 2.08. The summed E-state index contributed by atoms with van der Waals surface area (Å²) in [6, 6.07) is 3.54. The van der Waals surface area contributed by atoms with Crippen LogP contribution in [0.25, 0.3) is 0 Å². The van der Waals surface area contributed by atoms with Crippen LogP contribution in [0.2, 0.25) is 0 Å². The third kappa shape index (κ3) is 5.73. The van der Waals surface area contributed by atoms with Gasteiger partial charge in [-0.2, -0.15) is 0 Å². The summed E-state index contributed by atoms with van der Waals surface area (Å²) in [5.74, 6) is 0. The molecule has 0 fully saturated rings. The van der Waals surface area contributed by atoms with E-state index in [0.717, 1.165) is 18.5 Å². The van der Waals surface area contributed by atoms with E-state index in [1.165, 1.54) is 0 Å². The van der Waals surface area contributed by atoms with Crippen molar-refractivity contribution in [3.8, 4) is 0 Å². The highest BCUT2D eigenvalue weighted by atomic mass is 16.5. The van der Waals surface area contributed by atoms with Gasteiger partial charge in [-0.3, -0.25) is 4.79 Å². The highest BCUT2D eigenvalue weighted by Crippen LogP contribution is 2.09. The zero-order valence-electron chi connectivity index (χ0n) is 12.3. The number of ether oxygens (including phenoxy) is 2. The first kappa shape index (κ1) is 16.7. The van der Waals surface area contributed by atoms with Crippen molar-refractivity contribution in [1.29, 1.82) is 0 Å². The lowest BCUT2D eigenvalue weighted by molar-refractivity contribution is 0.182. The summed E-state index contributed by atoms with van der Waals surface area (Å²) in [4.78, 5) is 11.7. The van der Waals surface area contributed by atoms with Crippen LogP contribution in [0.1, 0.15) is 12.8 Å². The van der Waals surface area contributed by atoms with Gasteiger partial charge in [0, 0.05) is 39.1 Å². The molecule has 0 aliphatic carbocycles. The Morgan fingerprint density at radius 1 is 1.35 bits per heavy atom. The average Bonchev–Trinajstić information content (AvgIpc) is 2.45. The van der Waals surface area contributed by atoms with E-state index in [0.29, 0.717) is 26.3 Å². The Balaban J connectivity index is 2.71. The molecule has 0 spiro atoms. The lowest BCUT2D eigenvalue weighted by atomic mass is 10.1. The van der Waals surface area contributed by atoms with E-state index in [1.54, 1.807) is 30.9 Å². The third-order valence-corrected chi connectivity index (χ3v) is 3.02. The number of pyridine rings is 1. The molecular formula is C14H25N3O3. The molecule has 0 radical (unpaired) electrons. The van der Waals surface area contributed by atoms with Crippen molar-refractivity contribution < 1.29 is 9.47 Å². The lowest BCUT2D eigenvalue weighted by Gasteiger charge is -2.19. The number of anilines is 1. The molecule has 0 saturated heterocycles. The molecule has 0 bridgehead atoms. The molecule has 0 aromatic carbocycles. The molecule has 1 heterocycles. The first-order valence-electron chi connectivity index (χ1n) is 6.86. The maximum Gasteiger partial charge on any atom is 0.250 e. The molecule has 114 valence electrons. The molecular weight excluding hydrogens is 258 g/mol. The van der Waals surface area contributed by atoms with Crippen LogP contribution in [0.5, 0.6) is 0 Å². The molecule has 6 heteroatoms. The summed E-state index contributed by atoms with van der Waals surface area (Å²) < 4.78 is 11.8. The number of rotatable bonds is 10. The van der Waals surface area contributed by atoms with Crippen molar-refractivity contribution in [1.82, 2.24) is 4.57 Å². The number of aromatic nitrogens is 1. The average molecular weight is 283 g/mol. The third-order valence-electron chi connectivity index (χ3n) is 3.02. The monoisotopic (exact) mass is 283 g/mol. The van der Waals surface area contributed by atoms with Gasteiger partial charge < -0.3 is 25.1 Å². The Morgan fingerprint density at radius 3 is 2.80 bits per heavy atom. The summed E-state index contributed by atoms with van der Waals surface area (Å²) in [5, 5.41) is 3.38. The summed E-state index contributed by atoms with van der Waals surface area (Å²) >= 11 is 0. The van der Waals surface area contributed by atoms with Gasteiger partial charge in [0.05, 0.1) is 18.9 Å². The Kier molecular flexibility index (Phi) is 7.94. The highest BCUT2D eigenvalue weighted by molar-refractivity contribution is 5.41. The van der Waals surface area contributed by atoms with E-state index in [-0.39, 0.29) is 11.6 Å². The van der Waals surface area contributed by atoms with Crippen molar-refractivity contribution in [3.05, 3.63) is 28.7 Å². The van der Waals surface area contributed by atoms with Crippen LogP contribution >= 0.6 is 0 Å². The van der Waals surface area contributed by atoms with E-state index in [1.807, 2.05) is 6.20 Å². The topological polar surface area (TPSA) is 78.5 Å². The number of hydrogen-bond donors (Lipinski definition) is 2. The van der Waals surface area contributed by atoms with Gasteiger partial charge in [0.15, 0.2) is 0 Å². The lowest BCUT2D eigenvalue weighted by Crippen LogP contribution is -2.27. The fourth-order valence-corrected chi connectivity index (χ4v) is 1.98. The Bertz CT molecular complexity index is 434. The predicted molar refractivity (Wildman–Crippen MR) is 80.2 cm³/mol. The Labute approximate surface area is 119 Å². The predicted octanol–water partition coefficient (Wildman–Crippen LogP) is 0.661. The minimum Gasteiger partial charge on any atom is -0.383 e. The molecule has 3 N–H and O–H groups in total. The smallest absolute Gasteiger partial charge is 0.250 e. The molecule has 1 unspecified atom stereocenters. The fraction of sp³-hybridized carbons (Fsp3) is 0.643. The normalized spacial score (nSPS) is 12.3. The standard InChI is InChI=1S/C14H25N3O3/c1-19-9-8-17-10-12(5-6-14(17)18)16-13(11-20-2)4-3-7-15/h5-6,10,13,16H,3-4,7-9,11,15H2,1-2H3. The van der Waals surface area contributed by atoms with Crippen LogP contribution in [0.4, 0.5) is 5.69 Å². The van der Waals surface area contributed by atoms with E-state index in [4.69, 9.17) is 15.2 Å². The Hall–Kier alpha value is -1.37. The zero-order chi connectivity index (χ0) is 14.8. The minimum absolute atomic E-state index is 0.0298. The molecule has 1 aromatic rings. The molecule has 1 aromatic heterocycles. The number of nitrogens with zero attached hydrogens (tertiary/aromatic N) is 1. The van der Waals surface area contributed by atoms with Crippen molar-refractivity contribution in [2.24, 2.45) is 5.73 Å². The summed E-state index contributed by atoms with van der Waals surface area (Å²) in [6.07, 6.45) is 3.68. The van der Waals surface area contributed by atoms with Gasteiger partial charge in [-0.05, 0) is 25.5 Å². The molecule has 20 heavy (non-hydrogen) atoms. The number of nitrogens with one attached hydrogen (secondary N) is 1. The van der Waals surface area contributed by atoms with Gasteiger partial charge >= 0.3 is 0 Å². The Morgan fingerprint density at radius 2 is 2.15 bits per heavy atom. The summed E-state index contributed by atoms with van der Waals surface area (Å²) in [7, 11) is 3.30. The second-order valence-corrected chi connectivity index (χ2v) is 4.67. The zero-order valence-corrected chi connectivity index (χ0v) is 12.3. The number of nitrogens with two attached hydrogens (primary N) is 1. The van der Waals surface area contributed by atoms with Crippen molar-refractivity contribution in [2.75, 3.05) is 39.3 Å². The van der Waals surface area contributed by atoms with Crippen molar-refractivity contribution >= 4 is 5.69 Å². The fourth-order valence-electron chi connectivity index (χ4n) is 1.98. The van der Waals surface area contributed by atoms with Crippen LogP contribution in [-0.4, -0.2) is 44.6 Å². The maximum atomic E-state index is 11.7. The second-order valence-electron chi connectivity index (χ2n) is 4.67. The molecule has 0 amide bonds. The largest absolute Gasteiger partial charge is 0.383 e. The quantitative estimate of drug-likeness (QED) is 0.659. The first-order chi connectivity index (χ1) is 9.71. The molecule has 6 nitrogen and oxygen atoms in total. The van der Waals surface area contributed by atoms with Gasteiger partial charge in [0.1, 0.15) is 0 Å². The molecule has 0 aliphatic rings. The van der Waals surface area contributed by atoms with Gasteiger partial charge in [0.25, 0.3) is 5.56 Å². The molecule has 1 rings (SSSR count). The number of hydrogen-bond acceptors (Lipinski definition) is 5. The van der Waals surface area contributed by atoms with Crippen LogP contribution in [0.3, 0.4) is 0 Å². The van der Waals surface area contributed by atoms with Gasteiger partial charge in [-0.15, -0.1) is 0 Å². The first-order valence-corrected chi connectivity index (χ1v) is 6.86. The van der Waals surface area contributed by atoms with Crippen LogP contribution in [-0.2, 0) is 16.0 Å². The van der Waals surface area contributed by atoms with Crippen LogP contribution < -0.4 is 16.6 Å². The van der Waals surface area contributed by atoms with Gasteiger partial charge in [0.2, 0.25) is 0 Å². The van der Waals surface area contributed by atoms with Gasteiger partial charge in [-0.25, -0.2) is 0 Å². The van der Waals surface area contributed by atoms with E-state index in [9.17, 15) is 4.79 Å². The van der Waals surface area contributed by atoms with Crippen molar-refractivity contribution in [2.45, 2.75) is 25.4 Å². The second kappa shape index (κ2) is 9.52. The van der Waals surface area contributed by atoms with Gasteiger partial charge in [-0.1, -0.05) is 0 Å². The summed E-state index contributed by atoms with van der Waals surface area (Å²) in [6.45, 7) is 2.33. The molecule has 0 aliphatic heterocycles. The minimum atomic E-state index is -0.0298. The van der Waals surface area contributed by atoms with E-state index < -0.39 is 0 Å². The van der Waals surface area contributed by atoms with E-state index >= 15 is 0 Å². The van der Waals surface area contributed by atoms with E-state index in [2.05, 4.69) is 5.32 Å². The summed E-state index contributed by atoms with van der Waals surface area (Å²) in [5.41, 5.74) is 6.41. The number of methoxy groups -OCH3 is 2. The molecule has 1 atom stereocenters. The van der Waals surface area contributed by atoms with Crippen molar-refractivity contribution in [3.63, 3.8) is 0 Å². The van der Waals surface area contributed by atoms with Crippen LogP contribution in [0, 0.1) is 0 Å². The molecule has 0 saturated carbocycles.